The Balaban J connectivity index is 1.42. The minimum absolute atomic E-state index is 0.0448. The number of tetrazole rings is 1. The maximum Gasteiger partial charge on any atom is 0.227 e. The van der Waals surface area contributed by atoms with Gasteiger partial charge < -0.3 is 14.4 Å². The topological polar surface area (TPSA) is 95.3 Å². The van der Waals surface area contributed by atoms with E-state index in [0.29, 0.717) is 36.0 Å². The number of carbonyl (C=O) groups excluding carboxylic acids is 1. The van der Waals surface area contributed by atoms with E-state index in [0.717, 1.165) is 24.9 Å². The van der Waals surface area contributed by atoms with E-state index >= 15 is 0 Å². The molecule has 0 radical (unpaired) electrons. The number of methoxy groups -OCH3 is 2. The molecule has 3 heterocycles. The van der Waals surface area contributed by atoms with Crippen molar-refractivity contribution in [2.24, 2.45) is 0 Å². The van der Waals surface area contributed by atoms with Gasteiger partial charge in [0, 0.05) is 12.7 Å². The molecule has 0 aliphatic carbocycles. The monoisotopic (exact) mass is 408 g/mol. The zero-order valence-electron chi connectivity index (χ0n) is 17.1. The Hall–Kier alpha value is -3.49. The molecule has 2 aromatic heterocycles. The Labute approximate surface area is 174 Å². The summed E-state index contributed by atoms with van der Waals surface area (Å²) in [5.41, 5.74) is 1.57. The Bertz CT molecular complexity index is 1010. The van der Waals surface area contributed by atoms with Crippen molar-refractivity contribution in [1.29, 1.82) is 0 Å². The molecule has 4 rings (SSSR count). The quantitative estimate of drug-likeness (QED) is 0.590. The molecule has 1 amide bonds. The van der Waals surface area contributed by atoms with Gasteiger partial charge in [0.1, 0.15) is 5.69 Å². The standard InChI is InChI=1S/C21H24N6O3/c1-29-18-9-8-15(12-19(18)30-2)13-20(28)26-11-5-6-16(26)14-27-24-21(23-25-27)17-7-3-4-10-22-17/h3-4,7-10,12,16H,5-6,11,13-14H2,1-2H3/t16-/m1/s1. The fraction of sp³-hybridized carbons (Fsp3) is 0.381. The highest BCUT2D eigenvalue weighted by Crippen LogP contribution is 2.28. The molecule has 9 heteroatoms. The number of nitrogens with zero attached hydrogens (tertiary/aromatic N) is 6. The molecule has 1 fully saturated rings. The van der Waals surface area contributed by atoms with Crippen molar-refractivity contribution in [3.63, 3.8) is 0 Å². The Morgan fingerprint density at radius 2 is 2.03 bits per heavy atom. The van der Waals surface area contributed by atoms with Crippen molar-refractivity contribution in [2.75, 3.05) is 20.8 Å². The molecule has 0 N–H and O–H groups in total. The van der Waals surface area contributed by atoms with E-state index in [2.05, 4.69) is 20.4 Å². The molecule has 0 spiro atoms. The van der Waals surface area contributed by atoms with Crippen molar-refractivity contribution < 1.29 is 14.3 Å². The lowest BCUT2D eigenvalue weighted by Crippen LogP contribution is -2.39. The van der Waals surface area contributed by atoms with Gasteiger partial charge >= 0.3 is 0 Å². The molecule has 1 aliphatic heterocycles. The molecule has 1 atom stereocenters. The van der Waals surface area contributed by atoms with Crippen LogP contribution in [0.1, 0.15) is 18.4 Å². The molecular formula is C21H24N6O3. The van der Waals surface area contributed by atoms with E-state index in [-0.39, 0.29) is 11.9 Å². The lowest BCUT2D eigenvalue weighted by atomic mass is 10.1. The second kappa shape index (κ2) is 8.89. The maximum atomic E-state index is 13.0. The summed E-state index contributed by atoms with van der Waals surface area (Å²) in [4.78, 5) is 20.7. The first kappa shape index (κ1) is 19.8. The summed E-state index contributed by atoms with van der Waals surface area (Å²) in [5, 5.41) is 12.7. The number of pyridine rings is 1. The van der Waals surface area contributed by atoms with E-state index in [4.69, 9.17) is 9.47 Å². The highest BCUT2D eigenvalue weighted by molar-refractivity contribution is 5.79. The minimum atomic E-state index is 0.0448. The van der Waals surface area contributed by atoms with Crippen LogP contribution in [-0.4, -0.2) is 62.8 Å². The number of hydrogen-bond donors (Lipinski definition) is 0. The van der Waals surface area contributed by atoms with E-state index in [1.54, 1.807) is 25.2 Å². The Kier molecular flexibility index (Phi) is 5.87. The molecule has 0 bridgehead atoms. The molecule has 1 aliphatic rings. The zero-order chi connectivity index (χ0) is 20.9. The smallest absolute Gasteiger partial charge is 0.227 e. The van der Waals surface area contributed by atoms with Crippen LogP contribution in [0.5, 0.6) is 11.5 Å². The highest BCUT2D eigenvalue weighted by Gasteiger charge is 2.29. The summed E-state index contributed by atoms with van der Waals surface area (Å²) in [7, 11) is 3.18. The van der Waals surface area contributed by atoms with E-state index in [1.165, 1.54) is 0 Å². The normalized spacial score (nSPS) is 15.9. The summed E-state index contributed by atoms with van der Waals surface area (Å²) in [6.07, 6.45) is 3.88. The maximum absolute atomic E-state index is 13.0. The van der Waals surface area contributed by atoms with Crippen LogP contribution >= 0.6 is 0 Å². The Morgan fingerprint density at radius 1 is 1.17 bits per heavy atom. The third kappa shape index (κ3) is 4.24. The van der Waals surface area contributed by atoms with Gasteiger partial charge in [0.2, 0.25) is 11.7 Å². The molecule has 30 heavy (non-hydrogen) atoms. The third-order valence-electron chi connectivity index (χ3n) is 5.22. The van der Waals surface area contributed by atoms with Gasteiger partial charge in [-0.1, -0.05) is 12.1 Å². The molecule has 1 saturated heterocycles. The fourth-order valence-corrected chi connectivity index (χ4v) is 3.73. The van der Waals surface area contributed by atoms with Crippen LogP contribution < -0.4 is 9.47 Å². The summed E-state index contributed by atoms with van der Waals surface area (Å²) in [6.45, 7) is 1.25. The molecule has 0 unspecified atom stereocenters. The highest BCUT2D eigenvalue weighted by atomic mass is 16.5. The van der Waals surface area contributed by atoms with Crippen LogP contribution in [0.3, 0.4) is 0 Å². The van der Waals surface area contributed by atoms with Crippen molar-refractivity contribution >= 4 is 5.91 Å². The first-order valence-electron chi connectivity index (χ1n) is 9.87. The zero-order valence-corrected chi connectivity index (χ0v) is 17.1. The van der Waals surface area contributed by atoms with Gasteiger partial charge in [-0.15, -0.1) is 10.2 Å². The number of rotatable bonds is 7. The summed E-state index contributed by atoms with van der Waals surface area (Å²) >= 11 is 0. The van der Waals surface area contributed by atoms with Gasteiger partial charge in [0.05, 0.1) is 33.2 Å². The molecular weight excluding hydrogens is 384 g/mol. The molecule has 156 valence electrons. The molecule has 3 aromatic rings. The second-order valence-electron chi connectivity index (χ2n) is 7.13. The first-order valence-corrected chi connectivity index (χ1v) is 9.87. The summed E-state index contributed by atoms with van der Waals surface area (Å²) in [5.74, 6) is 1.83. The first-order chi connectivity index (χ1) is 14.7. The van der Waals surface area contributed by atoms with Gasteiger partial charge in [0.15, 0.2) is 11.5 Å². The Morgan fingerprint density at radius 3 is 2.80 bits per heavy atom. The largest absolute Gasteiger partial charge is 0.493 e. The third-order valence-corrected chi connectivity index (χ3v) is 5.22. The number of hydrogen-bond acceptors (Lipinski definition) is 7. The van der Waals surface area contributed by atoms with E-state index in [1.807, 2.05) is 41.3 Å². The summed E-state index contributed by atoms with van der Waals surface area (Å²) < 4.78 is 10.6. The van der Waals surface area contributed by atoms with Crippen LogP contribution in [0, 0.1) is 0 Å². The van der Waals surface area contributed by atoms with Gasteiger partial charge in [-0.05, 0) is 47.9 Å². The molecule has 9 nitrogen and oxygen atoms in total. The number of benzene rings is 1. The van der Waals surface area contributed by atoms with E-state index < -0.39 is 0 Å². The number of likely N-dealkylation sites (tertiary alicyclic amines) is 1. The van der Waals surface area contributed by atoms with Gasteiger partial charge in [-0.25, -0.2) is 0 Å². The van der Waals surface area contributed by atoms with Crippen LogP contribution in [0.4, 0.5) is 0 Å². The molecule has 1 aromatic carbocycles. The van der Waals surface area contributed by atoms with E-state index in [9.17, 15) is 4.79 Å². The van der Waals surface area contributed by atoms with Gasteiger partial charge in [-0.2, -0.15) is 4.80 Å². The average molecular weight is 408 g/mol. The lowest BCUT2D eigenvalue weighted by Gasteiger charge is -2.24. The molecule has 0 saturated carbocycles. The number of carbonyl (C=O) groups is 1. The minimum Gasteiger partial charge on any atom is -0.493 e. The fourth-order valence-electron chi connectivity index (χ4n) is 3.73. The lowest BCUT2D eigenvalue weighted by molar-refractivity contribution is -0.131. The number of ether oxygens (including phenoxy) is 2. The van der Waals surface area contributed by atoms with Crippen LogP contribution in [0.25, 0.3) is 11.5 Å². The van der Waals surface area contributed by atoms with Crippen LogP contribution in [0.15, 0.2) is 42.6 Å². The van der Waals surface area contributed by atoms with Gasteiger partial charge in [-0.3, -0.25) is 9.78 Å². The van der Waals surface area contributed by atoms with Crippen molar-refractivity contribution in [3.8, 4) is 23.0 Å². The van der Waals surface area contributed by atoms with Crippen LogP contribution in [-0.2, 0) is 17.8 Å². The van der Waals surface area contributed by atoms with Crippen LogP contribution in [0.2, 0.25) is 0 Å². The second-order valence-corrected chi connectivity index (χ2v) is 7.13. The SMILES string of the molecule is COc1ccc(CC(=O)N2CCC[C@@H]2Cn2nnc(-c3ccccn3)n2)cc1OC. The number of amides is 1. The van der Waals surface area contributed by atoms with Crippen molar-refractivity contribution in [3.05, 3.63) is 48.2 Å². The van der Waals surface area contributed by atoms with Gasteiger partial charge in [0.25, 0.3) is 0 Å². The predicted molar refractivity (Wildman–Crippen MR) is 109 cm³/mol. The average Bonchev–Trinajstić information content (AvgIpc) is 3.44. The summed E-state index contributed by atoms with van der Waals surface area (Å²) in [6, 6.07) is 11.2. The van der Waals surface area contributed by atoms with Crippen molar-refractivity contribution in [1.82, 2.24) is 30.1 Å². The predicted octanol–water partition coefficient (Wildman–Crippen LogP) is 1.99. The number of aromatic nitrogens is 5. The van der Waals surface area contributed by atoms with Crippen molar-refractivity contribution in [2.45, 2.75) is 31.8 Å².